The third kappa shape index (κ3) is 4.02. The number of carbonyl (C=O) groups excluding carboxylic acids is 1. The SMILES string of the molecule is C[C@@H](NC(=O)NC1CCCC1)c1ccc(Cl)cc1Cl. The van der Waals surface area contributed by atoms with E-state index < -0.39 is 0 Å². The molecular formula is C14H18Cl2N2O. The van der Waals surface area contributed by atoms with Crippen molar-refractivity contribution in [2.75, 3.05) is 0 Å². The highest BCUT2D eigenvalue weighted by atomic mass is 35.5. The molecule has 1 aliphatic carbocycles. The predicted molar refractivity (Wildman–Crippen MR) is 78.8 cm³/mol. The summed E-state index contributed by atoms with van der Waals surface area (Å²) in [5.41, 5.74) is 0.868. The Morgan fingerprint density at radius 3 is 2.63 bits per heavy atom. The van der Waals surface area contributed by atoms with Crippen molar-refractivity contribution in [3.63, 3.8) is 0 Å². The Balaban J connectivity index is 1.92. The highest BCUT2D eigenvalue weighted by Crippen LogP contribution is 2.26. The Labute approximate surface area is 123 Å². The lowest BCUT2D eigenvalue weighted by Crippen LogP contribution is -2.41. The van der Waals surface area contributed by atoms with Crippen LogP contribution < -0.4 is 10.6 Å². The first-order chi connectivity index (χ1) is 9.06. The summed E-state index contributed by atoms with van der Waals surface area (Å²) in [4.78, 5) is 11.9. The second kappa shape index (κ2) is 6.49. The molecule has 0 saturated heterocycles. The van der Waals surface area contributed by atoms with Gasteiger partial charge in [-0.1, -0.05) is 42.1 Å². The predicted octanol–water partition coefficient (Wildman–Crippen LogP) is 4.30. The molecule has 1 fully saturated rings. The number of urea groups is 1. The maximum atomic E-state index is 11.9. The molecule has 1 aliphatic rings. The van der Waals surface area contributed by atoms with Gasteiger partial charge in [0.05, 0.1) is 6.04 Å². The second-order valence-corrected chi connectivity index (χ2v) is 5.83. The van der Waals surface area contributed by atoms with E-state index in [0.29, 0.717) is 16.1 Å². The van der Waals surface area contributed by atoms with Crippen LogP contribution in [-0.2, 0) is 0 Å². The number of carbonyl (C=O) groups is 1. The first kappa shape index (κ1) is 14.5. The Kier molecular flexibility index (Phi) is 4.94. The van der Waals surface area contributed by atoms with Crippen molar-refractivity contribution in [3.8, 4) is 0 Å². The second-order valence-electron chi connectivity index (χ2n) is 4.99. The van der Waals surface area contributed by atoms with Crippen molar-refractivity contribution >= 4 is 29.2 Å². The first-order valence-electron chi connectivity index (χ1n) is 6.58. The summed E-state index contributed by atoms with van der Waals surface area (Å²) in [6.07, 6.45) is 4.54. The maximum Gasteiger partial charge on any atom is 0.315 e. The molecule has 3 nitrogen and oxygen atoms in total. The van der Waals surface area contributed by atoms with Gasteiger partial charge >= 0.3 is 6.03 Å². The highest BCUT2D eigenvalue weighted by molar-refractivity contribution is 6.35. The Morgan fingerprint density at radius 2 is 2.00 bits per heavy atom. The van der Waals surface area contributed by atoms with Crippen LogP contribution in [0.1, 0.15) is 44.2 Å². The molecule has 0 aromatic heterocycles. The summed E-state index contributed by atoms with van der Waals surface area (Å²) >= 11 is 12.0. The molecule has 2 rings (SSSR count). The van der Waals surface area contributed by atoms with E-state index in [-0.39, 0.29) is 12.1 Å². The summed E-state index contributed by atoms with van der Waals surface area (Å²) < 4.78 is 0. The smallest absolute Gasteiger partial charge is 0.315 e. The molecule has 0 spiro atoms. The number of amides is 2. The monoisotopic (exact) mass is 300 g/mol. The molecule has 5 heteroatoms. The molecule has 2 N–H and O–H groups in total. The van der Waals surface area contributed by atoms with Crippen molar-refractivity contribution in [2.45, 2.75) is 44.7 Å². The molecule has 0 unspecified atom stereocenters. The Bertz CT molecular complexity index is 459. The van der Waals surface area contributed by atoms with Crippen LogP contribution in [0.15, 0.2) is 18.2 Å². The van der Waals surface area contributed by atoms with Gasteiger partial charge in [-0.15, -0.1) is 0 Å². The number of benzene rings is 1. The van der Waals surface area contributed by atoms with Crippen molar-refractivity contribution in [1.82, 2.24) is 10.6 Å². The van der Waals surface area contributed by atoms with Crippen molar-refractivity contribution in [1.29, 1.82) is 0 Å². The minimum Gasteiger partial charge on any atom is -0.335 e. The molecule has 1 aromatic carbocycles. The van der Waals surface area contributed by atoms with Crippen LogP contribution in [0.5, 0.6) is 0 Å². The third-order valence-electron chi connectivity index (χ3n) is 3.47. The molecule has 2 amide bonds. The lowest BCUT2D eigenvalue weighted by Gasteiger charge is -2.18. The average molecular weight is 301 g/mol. The molecule has 1 atom stereocenters. The number of hydrogen-bond donors (Lipinski definition) is 2. The van der Waals surface area contributed by atoms with Gasteiger partial charge in [-0.2, -0.15) is 0 Å². The first-order valence-corrected chi connectivity index (χ1v) is 7.34. The number of rotatable bonds is 3. The zero-order valence-corrected chi connectivity index (χ0v) is 12.4. The Morgan fingerprint density at radius 1 is 1.32 bits per heavy atom. The van der Waals surface area contributed by atoms with Gasteiger partial charge in [0, 0.05) is 16.1 Å². The van der Waals surface area contributed by atoms with Gasteiger partial charge in [-0.05, 0) is 37.5 Å². The van der Waals surface area contributed by atoms with Gasteiger partial charge in [-0.25, -0.2) is 4.79 Å². The zero-order chi connectivity index (χ0) is 13.8. The van der Waals surface area contributed by atoms with E-state index in [1.807, 2.05) is 13.0 Å². The molecule has 19 heavy (non-hydrogen) atoms. The minimum absolute atomic E-state index is 0.134. The maximum absolute atomic E-state index is 11.9. The van der Waals surface area contributed by atoms with Gasteiger partial charge < -0.3 is 10.6 Å². The fourth-order valence-electron chi connectivity index (χ4n) is 2.42. The van der Waals surface area contributed by atoms with Gasteiger partial charge in [-0.3, -0.25) is 0 Å². The summed E-state index contributed by atoms with van der Waals surface area (Å²) in [6.45, 7) is 1.91. The number of hydrogen-bond acceptors (Lipinski definition) is 1. The summed E-state index contributed by atoms with van der Waals surface area (Å²) in [5.74, 6) is 0. The van der Waals surface area contributed by atoms with Gasteiger partial charge in [0.15, 0.2) is 0 Å². The van der Waals surface area contributed by atoms with Crippen LogP contribution >= 0.6 is 23.2 Å². The lowest BCUT2D eigenvalue weighted by atomic mass is 10.1. The third-order valence-corrected chi connectivity index (χ3v) is 4.03. The Hall–Kier alpha value is -0.930. The molecule has 1 aromatic rings. The summed E-state index contributed by atoms with van der Waals surface area (Å²) in [6, 6.07) is 5.33. The fourth-order valence-corrected chi connectivity index (χ4v) is 3.00. The zero-order valence-electron chi connectivity index (χ0n) is 10.9. The van der Waals surface area contributed by atoms with Crippen LogP contribution in [0, 0.1) is 0 Å². The lowest BCUT2D eigenvalue weighted by molar-refractivity contribution is 0.234. The molecule has 0 bridgehead atoms. The molecule has 1 saturated carbocycles. The van der Waals surface area contributed by atoms with Crippen molar-refractivity contribution in [2.24, 2.45) is 0 Å². The van der Waals surface area contributed by atoms with E-state index in [1.54, 1.807) is 12.1 Å². The minimum atomic E-state index is -0.147. The van der Waals surface area contributed by atoms with Gasteiger partial charge in [0.1, 0.15) is 0 Å². The normalized spacial score (nSPS) is 17.2. The van der Waals surface area contributed by atoms with E-state index in [0.717, 1.165) is 18.4 Å². The summed E-state index contributed by atoms with van der Waals surface area (Å²) in [7, 11) is 0. The highest BCUT2D eigenvalue weighted by Gasteiger charge is 2.19. The molecule has 0 aliphatic heterocycles. The fraction of sp³-hybridized carbons (Fsp3) is 0.500. The van der Waals surface area contributed by atoms with Crippen molar-refractivity contribution < 1.29 is 4.79 Å². The molecule has 0 heterocycles. The van der Waals surface area contributed by atoms with E-state index in [9.17, 15) is 4.79 Å². The van der Waals surface area contributed by atoms with Crippen LogP contribution in [0.4, 0.5) is 4.79 Å². The summed E-state index contributed by atoms with van der Waals surface area (Å²) in [5, 5.41) is 7.06. The van der Waals surface area contributed by atoms with Crippen LogP contribution in [0.3, 0.4) is 0 Å². The quantitative estimate of drug-likeness (QED) is 0.859. The van der Waals surface area contributed by atoms with E-state index in [2.05, 4.69) is 10.6 Å². The average Bonchev–Trinajstić information content (AvgIpc) is 2.81. The van der Waals surface area contributed by atoms with Crippen LogP contribution in [0.25, 0.3) is 0 Å². The van der Waals surface area contributed by atoms with Crippen LogP contribution in [-0.4, -0.2) is 12.1 Å². The van der Waals surface area contributed by atoms with Crippen LogP contribution in [0.2, 0.25) is 10.0 Å². The van der Waals surface area contributed by atoms with Crippen molar-refractivity contribution in [3.05, 3.63) is 33.8 Å². The number of nitrogens with one attached hydrogen (secondary N) is 2. The largest absolute Gasteiger partial charge is 0.335 e. The molecular weight excluding hydrogens is 283 g/mol. The standard InChI is InChI=1S/C14H18Cl2N2O/c1-9(12-7-6-10(15)8-13(12)16)17-14(19)18-11-4-2-3-5-11/h6-9,11H,2-5H2,1H3,(H2,17,18,19)/t9-/m1/s1. The topological polar surface area (TPSA) is 41.1 Å². The van der Waals surface area contributed by atoms with E-state index >= 15 is 0 Å². The molecule has 0 radical (unpaired) electrons. The van der Waals surface area contributed by atoms with Gasteiger partial charge in [0.25, 0.3) is 0 Å². The van der Waals surface area contributed by atoms with E-state index in [1.165, 1.54) is 12.8 Å². The van der Waals surface area contributed by atoms with E-state index in [4.69, 9.17) is 23.2 Å². The number of halogens is 2. The van der Waals surface area contributed by atoms with Gasteiger partial charge in [0.2, 0.25) is 0 Å². The molecule has 104 valence electrons.